The van der Waals surface area contributed by atoms with Gasteiger partial charge in [-0.05, 0) is 35.8 Å². The fraction of sp³-hybridized carbons (Fsp3) is 0.500. The van der Waals surface area contributed by atoms with Crippen molar-refractivity contribution >= 4 is 35.4 Å². The molecule has 1 saturated heterocycles. The first-order valence-corrected chi connectivity index (χ1v) is 9.42. The number of amides is 1. The number of carboxylic acid groups (broad SMARTS) is 1. The third kappa shape index (κ3) is 4.20. The molecule has 2 rings (SSSR count). The Hall–Kier alpha value is -1.14. The zero-order valence-electron chi connectivity index (χ0n) is 12.8. The second-order valence-corrected chi connectivity index (χ2v) is 7.90. The first-order chi connectivity index (χ1) is 10.4. The van der Waals surface area contributed by atoms with Crippen molar-refractivity contribution in [1.82, 2.24) is 5.32 Å². The summed E-state index contributed by atoms with van der Waals surface area (Å²) in [5, 5.41) is 12.1. The summed E-state index contributed by atoms with van der Waals surface area (Å²) in [6.07, 6.45) is 0.493. The van der Waals surface area contributed by atoms with E-state index in [1.807, 2.05) is 12.1 Å². The molecule has 4 nitrogen and oxygen atoms in total. The Morgan fingerprint density at radius 1 is 1.36 bits per heavy atom. The molecule has 1 unspecified atom stereocenters. The van der Waals surface area contributed by atoms with Gasteiger partial charge < -0.3 is 10.4 Å². The summed E-state index contributed by atoms with van der Waals surface area (Å²) in [5.74, 6) is 0.788. The summed E-state index contributed by atoms with van der Waals surface area (Å²) in [6, 6.07) is 8.14. The van der Waals surface area contributed by atoms with Crippen LogP contribution in [-0.4, -0.2) is 39.8 Å². The van der Waals surface area contributed by atoms with Crippen LogP contribution in [0.15, 0.2) is 29.2 Å². The number of carbonyl (C=O) groups excluding carboxylic acids is 1. The molecule has 1 fully saturated rings. The number of hydrogen-bond donors (Lipinski definition) is 2. The van der Waals surface area contributed by atoms with Gasteiger partial charge >= 0.3 is 5.97 Å². The number of hydrogen-bond acceptors (Lipinski definition) is 4. The van der Waals surface area contributed by atoms with Gasteiger partial charge in [-0.25, -0.2) is 4.79 Å². The van der Waals surface area contributed by atoms with E-state index in [9.17, 15) is 14.7 Å². The van der Waals surface area contributed by atoms with E-state index >= 15 is 0 Å². The third-order valence-corrected chi connectivity index (χ3v) is 5.93. The zero-order valence-corrected chi connectivity index (χ0v) is 14.4. The van der Waals surface area contributed by atoms with E-state index in [-0.39, 0.29) is 11.7 Å². The molecule has 1 atom stereocenters. The van der Waals surface area contributed by atoms with Gasteiger partial charge in [-0.15, -0.1) is 11.8 Å². The smallest absolute Gasteiger partial charge is 0.330 e. The molecule has 1 aliphatic heterocycles. The fourth-order valence-electron chi connectivity index (χ4n) is 2.29. The molecule has 1 aromatic rings. The van der Waals surface area contributed by atoms with Gasteiger partial charge in [0.15, 0.2) is 0 Å². The first-order valence-electron chi connectivity index (χ1n) is 7.28. The summed E-state index contributed by atoms with van der Waals surface area (Å²) in [4.78, 5) is 24.5. The van der Waals surface area contributed by atoms with Crippen LogP contribution in [0.25, 0.3) is 0 Å². The maximum Gasteiger partial charge on any atom is 0.330 e. The van der Waals surface area contributed by atoms with Crippen LogP contribution in [-0.2, 0) is 9.59 Å². The van der Waals surface area contributed by atoms with Crippen molar-refractivity contribution in [2.75, 3.05) is 17.3 Å². The topological polar surface area (TPSA) is 66.4 Å². The van der Waals surface area contributed by atoms with Crippen LogP contribution in [0.4, 0.5) is 0 Å². The number of thioether (sulfide) groups is 2. The number of rotatable bonds is 6. The van der Waals surface area contributed by atoms with Crippen molar-refractivity contribution in [1.29, 1.82) is 0 Å². The Morgan fingerprint density at radius 3 is 2.55 bits per heavy atom. The minimum Gasteiger partial charge on any atom is -0.479 e. The first kappa shape index (κ1) is 17.2. The highest BCUT2D eigenvalue weighted by Crippen LogP contribution is 2.29. The van der Waals surface area contributed by atoms with E-state index in [1.54, 1.807) is 11.8 Å². The van der Waals surface area contributed by atoms with Crippen LogP contribution >= 0.6 is 23.5 Å². The van der Waals surface area contributed by atoms with Gasteiger partial charge in [0.25, 0.3) is 0 Å². The molecule has 0 radical (unpaired) electrons. The van der Waals surface area contributed by atoms with E-state index in [0.717, 1.165) is 10.6 Å². The lowest BCUT2D eigenvalue weighted by atomic mass is 9.99. The van der Waals surface area contributed by atoms with Gasteiger partial charge in [-0.2, -0.15) is 11.8 Å². The Balaban J connectivity index is 1.88. The van der Waals surface area contributed by atoms with E-state index < -0.39 is 11.5 Å². The molecule has 0 spiro atoms. The Morgan fingerprint density at radius 2 is 2.05 bits per heavy atom. The van der Waals surface area contributed by atoms with Crippen molar-refractivity contribution in [2.24, 2.45) is 0 Å². The predicted molar refractivity (Wildman–Crippen MR) is 91.7 cm³/mol. The highest BCUT2D eigenvalue weighted by molar-refractivity contribution is 8.00. The lowest BCUT2D eigenvalue weighted by molar-refractivity contribution is -0.146. The van der Waals surface area contributed by atoms with Crippen molar-refractivity contribution in [2.45, 2.75) is 36.6 Å². The molecule has 1 heterocycles. The summed E-state index contributed by atoms with van der Waals surface area (Å²) >= 11 is 3.00. The lowest BCUT2D eigenvalue weighted by Crippen LogP contribution is -2.55. The van der Waals surface area contributed by atoms with Crippen LogP contribution in [0.3, 0.4) is 0 Å². The number of carboxylic acids is 1. The van der Waals surface area contributed by atoms with Crippen molar-refractivity contribution in [3.8, 4) is 0 Å². The SMILES string of the molecule is CC(C)c1ccc(SCC(=O)NC2(C(=O)O)CCSC2)cc1. The quantitative estimate of drug-likeness (QED) is 0.780. The standard InChI is InChI=1S/C16H21NO3S2/c1-11(2)12-3-5-13(6-4-12)22-9-14(18)17-16(15(19)20)7-8-21-10-16/h3-6,11H,7-10H2,1-2H3,(H,17,18)(H,19,20). The highest BCUT2D eigenvalue weighted by atomic mass is 32.2. The minimum absolute atomic E-state index is 0.220. The van der Waals surface area contributed by atoms with Crippen LogP contribution in [0.2, 0.25) is 0 Å². The maximum atomic E-state index is 12.1. The monoisotopic (exact) mass is 339 g/mol. The van der Waals surface area contributed by atoms with E-state index in [4.69, 9.17) is 0 Å². The lowest BCUT2D eigenvalue weighted by Gasteiger charge is -2.24. The van der Waals surface area contributed by atoms with Gasteiger partial charge in [0.2, 0.25) is 5.91 Å². The molecule has 22 heavy (non-hydrogen) atoms. The second kappa shape index (κ2) is 7.42. The average Bonchev–Trinajstić information content (AvgIpc) is 2.95. The van der Waals surface area contributed by atoms with Gasteiger partial charge in [-0.3, -0.25) is 4.79 Å². The summed E-state index contributed by atoms with van der Waals surface area (Å²) in [7, 11) is 0. The van der Waals surface area contributed by atoms with Gasteiger partial charge in [0, 0.05) is 10.6 Å². The van der Waals surface area contributed by atoms with Crippen LogP contribution < -0.4 is 5.32 Å². The molecule has 0 aromatic heterocycles. The second-order valence-electron chi connectivity index (χ2n) is 5.75. The number of aliphatic carboxylic acids is 1. The van der Waals surface area contributed by atoms with Crippen molar-refractivity contribution in [3.05, 3.63) is 29.8 Å². The normalized spacial score (nSPS) is 21.0. The summed E-state index contributed by atoms with van der Waals surface area (Å²) in [6.45, 7) is 4.28. The van der Waals surface area contributed by atoms with Crippen LogP contribution in [0.5, 0.6) is 0 Å². The van der Waals surface area contributed by atoms with Crippen molar-refractivity contribution in [3.63, 3.8) is 0 Å². The van der Waals surface area contributed by atoms with Crippen LogP contribution in [0.1, 0.15) is 31.7 Å². The molecule has 6 heteroatoms. The Kier molecular flexibility index (Phi) is 5.81. The zero-order chi connectivity index (χ0) is 16.2. The molecular weight excluding hydrogens is 318 g/mol. The van der Waals surface area contributed by atoms with Gasteiger partial charge in [0.1, 0.15) is 5.54 Å². The molecule has 0 aliphatic carbocycles. The largest absolute Gasteiger partial charge is 0.479 e. The molecule has 1 amide bonds. The van der Waals surface area contributed by atoms with Gasteiger partial charge in [-0.1, -0.05) is 26.0 Å². The predicted octanol–water partition coefficient (Wildman–Crippen LogP) is 2.98. The highest BCUT2D eigenvalue weighted by Gasteiger charge is 2.43. The van der Waals surface area contributed by atoms with E-state index in [1.165, 1.54) is 17.3 Å². The molecule has 120 valence electrons. The van der Waals surface area contributed by atoms with Gasteiger partial charge in [0.05, 0.1) is 5.75 Å². The minimum atomic E-state index is -1.08. The van der Waals surface area contributed by atoms with Crippen LogP contribution in [0, 0.1) is 0 Å². The molecule has 2 N–H and O–H groups in total. The number of carbonyl (C=O) groups is 2. The molecule has 1 aliphatic rings. The third-order valence-electron chi connectivity index (χ3n) is 3.73. The number of benzene rings is 1. The van der Waals surface area contributed by atoms with E-state index in [2.05, 4.69) is 31.3 Å². The Bertz CT molecular complexity index is 537. The van der Waals surface area contributed by atoms with E-state index in [0.29, 0.717) is 18.1 Å². The fourth-order valence-corrected chi connectivity index (χ4v) is 4.31. The summed E-state index contributed by atoms with van der Waals surface area (Å²) < 4.78 is 0. The summed E-state index contributed by atoms with van der Waals surface area (Å²) in [5.41, 5.74) is 0.186. The molecule has 1 aromatic carbocycles. The molecular formula is C16H21NO3S2. The van der Waals surface area contributed by atoms with Crippen molar-refractivity contribution < 1.29 is 14.7 Å². The number of nitrogens with one attached hydrogen (secondary N) is 1. The molecule has 0 bridgehead atoms. The average molecular weight is 339 g/mol. The molecule has 0 saturated carbocycles. The Labute approximate surface area is 139 Å². The maximum absolute atomic E-state index is 12.1.